The van der Waals surface area contributed by atoms with Crippen molar-refractivity contribution in [2.24, 2.45) is 5.92 Å². The zero-order valence-corrected chi connectivity index (χ0v) is 14.8. The fourth-order valence-corrected chi connectivity index (χ4v) is 2.82. The van der Waals surface area contributed by atoms with Gasteiger partial charge in [-0.1, -0.05) is 6.07 Å². The molecule has 2 aliphatic rings. The van der Waals surface area contributed by atoms with Crippen LogP contribution in [0.25, 0.3) is 0 Å². The predicted octanol–water partition coefficient (Wildman–Crippen LogP) is 2.32. The van der Waals surface area contributed by atoms with Crippen LogP contribution in [0, 0.1) is 11.7 Å². The maximum Gasteiger partial charge on any atom is 0.275 e. The molecule has 1 aliphatic heterocycles. The average molecular weight is 372 g/mol. The number of anilines is 1. The fourth-order valence-electron chi connectivity index (χ4n) is 2.82. The number of rotatable bonds is 6. The Bertz CT molecular complexity index is 805. The van der Waals surface area contributed by atoms with E-state index < -0.39 is 11.7 Å². The highest BCUT2D eigenvalue weighted by molar-refractivity contribution is 6.02. The molecule has 4 rings (SSSR count). The van der Waals surface area contributed by atoms with Crippen molar-refractivity contribution in [1.29, 1.82) is 0 Å². The first-order valence-electron chi connectivity index (χ1n) is 9.07. The highest BCUT2D eigenvalue weighted by Crippen LogP contribution is 2.29. The van der Waals surface area contributed by atoms with Gasteiger partial charge in [0.05, 0.1) is 31.7 Å². The van der Waals surface area contributed by atoms with Crippen molar-refractivity contribution in [2.75, 3.05) is 31.6 Å². The Kier molecular flexibility index (Phi) is 5.26. The molecule has 2 fully saturated rings. The van der Waals surface area contributed by atoms with Gasteiger partial charge in [0.25, 0.3) is 5.91 Å². The number of hydrogen-bond donors (Lipinski definition) is 2. The first-order chi connectivity index (χ1) is 13.2. The van der Waals surface area contributed by atoms with Gasteiger partial charge >= 0.3 is 0 Å². The molecule has 8 heteroatoms. The number of carbonyl (C=O) groups excluding carboxylic acids is 1. The van der Waals surface area contributed by atoms with Gasteiger partial charge in [0.1, 0.15) is 11.5 Å². The second-order valence-corrected chi connectivity index (χ2v) is 6.75. The van der Waals surface area contributed by atoms with E-state index in [1.165, 1.54) is 31.3 Å². The lowest BCUT2D eigenvalue weighted by molar-refractivity contribution is 0.0255. The Labute approximate surface area is 156 Å². The standard InChI is InChI=1S/C19H21FN4O3/c20-15-7-13(3-4-14(15)17-9-21-5-6-26-17)24-19(25)16-8-23-18(10-22-16)27-11-12-1-2-12/h3-4,7-8,10,12,17,21H,1-2,5-6,9,11H2,(H,24,25). The number of halogens is 1. The van der Waals surface area contributed by atoms with E-state index in [2.05, 4.69) is 20.6 Å². The van der Waals surface area contributed by atoms with Crippen LogP contribution in [0.5, 0.6) is 5.88 Å². The number of morpholine rings is 1. The van der Waals surface area contributed by atoms with Crippen LogP contribution < -0.4 is 15.4 Å². The molecule has 7 nitrogen and oxygen atoms in total. The number of carbonyl (C=O) groups is 1. The quantitative estimate of drug-likeness (QED) is 0.809. The van der Waals surface area contributed by atoms with Gasteiger partial charge in [0.15, 0.2) is 0 Å². The van der Waals surface area contributed by atoms with Gasteiger partial charge in [-0.05, 0) is 30.9 Å². The summed E-state index contributed by atoms with van der Waals surface area (Å²) in [6.07, 6.45) is 4.83. The number of ether oxygens (including phenoxy) is 2. The molecule has 1 atom stereocenters. The molecule has 1 aromatic heterocycles. The molecule has 1 saturated heterocycles. The number of amides is 1. The molecule has 2 aromatic rings. The maximum absolute atomic E-state index is 14.4. The fraction of sp³-hybridized carbons (Fsp3) is 0.421. The molecule has 0 bridgehead atoms. The van der Waals surface area contributed by atoms with Crippen molar-refractivity contribution < 1.29 is 18.7 Å². The second-order valence-electron chi connectivity index (χ2n) is 6.75. The van der Waals surface area contributed by atoms with Crippen LogP contribution in [0.15, 0.2) is 30.6 Å². The summed E-state index contributed by atoms with van der Waals surface area (Å²) < 4.78 is 25.5. The van der Waals surface area contributed by atoms with E-state index in [0.717, 1.165) is 6.54 Å². The van der Waals surface area contributed by atoms with Crippen molar-refractivity contribution >= 4 is 11.6 Å². The highest BCUT2D eigenvalue weighted by Gasteiger charge is 2.22. The first kappa shape index (κ1) is 17.8. The van der Waals surface area contributed by atoms with Crippen molar-refractivity contribution in [3.8, 4) is 5.88 Å². The van der Waals surface area contributed by atoms with Crippen LogP contribution >= 0.6 is 0 Å². The molecule has 2 heterocycles. The van der Waals surface area contributed by atoms with Crippen LogP contribution in [0.1, 0.15) is 35.0 Å². The van der Waals surface area contributed by atoms with Gasteiger partial charge in [-0.25, -0.2) is 14.4 Å². The summed E-state index contributed by atoms with van der Waals surface area (Å²) in [6.45, 7) is 2.50. The van der Waals surface area contributed by atoms with Crippen molar-refractivity contribution in [3.63, 3.8) is 0 Å². The zero-order valence-electron chi connectivity index (χ0n) is 14.8. The van der Waals surface area contributed by atoms with E-state index in [0.29, 0.717) is 42.8 Å². The molecular weight excluding hydrogens is 351 g/mol. The number of nitrogens with one attached hydrogen (secondary N) is 2. The van der Waals surface area contributed by atoms with Gasteiger partial charge < -0.3 is 20.1 Å². The van der Waals surface area contributed by atoms with Gasteiger partial charge in [0, 0.05) is 24.3 Å². The Morgan fingerprint density at radius 1 is 1.33 bits per heavy atom. The van der Waals surface area contributed by atoms with E-state index in [1.807, 2.05) is 0 Å². The first-order valence-corrected chi connectivity index (χ1v) is 9.07. The largest absolute Gasteiger partial charge is 0.476 e. The van der Waals surface area contributed by atoms with Crippen LogP contribution in [-0.2, 0) is 4.74 Å². The molecule has 1 aliphatic carbocycles. The molecule has 142 valence electrons. The molecular formula is C19H21FN4O3. The van der Waals surface area contributed by atoms with Crippen molar-refractivity contribution in [1.82, 2.24) is 15.3 Å². The topological polar surface area (TPSA) is 85.4 Å². The van der Waals surface area contributed by atoms with E-state index in [1.54, 1.807) is 12.1 Å². The minimum atomic E-state index is -0.459. The third-order valence-electron chi connectivity index (χ3n) is 4.56. The lowest BCUT2D eigenvalue weighted by atomic mass is 10.1. The minimum absolute atomic E-state index is 0.137. The van der Waals surface area contributed by atoms with Gasteiger partial charge in [-0.15, -0.1) is 0 Å². The Hall–Kier alpha value is -2.58. The molecule has 0 radical (unpaired) electrons. The molecule has 2 N–H and O–H groups in total. The Balaban J connectivity index is 1.37. The van der Waals surface area contributed by atoms with Crippen LogP contribution in [-0.4, -0.2) is 42.2 Å². The van der Waals surface area contributed by atoms with Crippen LogP contribution in [0.4, 0.5) is 10.1 Å². The Morgan fingerprint density at radius 2 is 2.22 bits per heavy atom. The monoisotopic (exact) mass is 372 g/mol. The van der Waals surface area contributed by atoms with E-state index in [-0.39, 0.29) is 11.8 Å². The molecule has 1 aromatic carbocycles. The number of hydrogen-bond acceptors (Lipinski definition) is 6. The third kappa shape index (κ3) is 4.58. The summed E-state index contributed by atoms with van der Waals surface area (Å²) in [5.74, 6) is 0.132. The number of aromatic nitrogens is 2. The number of nitrogens with zero attached hydrogens (tertiary/aromatic N) is 2. The smallest absolute Gasteiger partial charge is 0.275 e. The molecule has 27 heavy (non-hydrogen) atoms. The zero-order chi connectivity index (χ0) is 18.6. The lowest BCUT2D eigenvalue weighted by Gasteiger charge is -2.24. The van der Waals surface area contributed by atoms with E-state index >= 15 is 0 Å². The summed E-state index contributed by atoms with van der Waals surface area (Å²) in [7, 11) is 0. The molecule has 1 amide bonds. The molecule has 0 spiro atoms. The predicted molar refractivity (Wildman–Crippen MR) is 96.2 cm³/mol. The van der Waals surface area contributed by atoms with Gasteiger partial charge in [-0.3, -0.25) is 4.79 Å². The summed E-state index contributed by atoms with van der Waals surface area (Å²) in [5.41, 5.74) is 0.955. The Morgan fingerprint density at radius 3 is 2.89 bits per heavy atom. The SMILES string of the molecule is O=C(Nc1ccc(C2CNCCO2)c(F)c1)c1cnc(OCC2CC2)cn1. The van der Waals surface area contributed by atoms with Gasteiger partial charge in [0.2, 0.25) is 5.88 Å². The summed E-state index contributed by atoms with van der Waals surface area (Å²) >= 11 is 0. The van der Waals surface area contributed by atoms with E-state index in [4.69, 9.17) is 9.47 Å². The number of benzene rings is 1. The van der Waals surface area contributed by atoms with Crippen LogP contribution in [0.3, 0.4) is 0 Å². The third-order valence-corrected chi connectivity index (χ3v) is 4.56. The molecule has 1 unspecified atom stereocenters. The van der Waals surface area contributed by atoms with Crippen molar-refractivity contribution in [2.45, 2.75) is 18.9 Å². The average Bonchev–Trinajstić information content (AvgIpc) is 3.52. The minimum Gasteiger partial charge on any atom is -0.476 e. The highest BCUT2D eigenvalue weighted by atomic mass is 19.1. The van der Waals surface area contributed by atoms with E-state index in [9.17, 15) is 9.18 Å². The van der Waals surface area contributed by atoms with Crippen molar-refractivity contribution in [3.05, 3.63) is 47.7 Å². The summed E-state index contributed by atoms with van der Waals surface area (Å²) in [5, 5.41) is 5.80. The lowest BCUT2D eigenvalue weighted by Crippen LogP contribution is -2.33. The second kappa shape index (κ2) is 7.98. The maximum atomic E-state index is 14.4. The van der Waals surface area contributed by atoms with Crippen LogP contribution in [0.2, 0.25) is 0 Å². The normalized spacial score (nSPS) is 19.5. The summed E-state index contributed by atoms with van der Waals surface area (Å²) in [4.78, 5) is 20.4. The van der Waals surface area contributed by atoms with Gasteiger partial charge in [-0.2, -0.15) is 0 Å². The summed E-state index contributed by atoms with van der Waals surface area (Å²) in [6, 6.07) is 4.56. The molecule has 1 saturated carbocycles.